The number of pyridine rings is 2. The molecule has 5 nitrogen and oxygen atoms in total. The Morgan fingerprint density at radius 1 is 0.727 bits per heavy atom. The first kappa shape index (κ1) is 26.6. The van der Waals surface area contributed by atoms with Gasteiger partial charge in [0.25, 0.3) is 0 Å². The summed E-state index contributed by atoms with van der Waals surface area (Å²) in [6.07, 6.45) is 8.92. The third-order valence-electron chi connectivity index (χ3n) is 8.46. The molecule has 0 aliphatic carbocycles. The van der Waals surface area contributed by atoms with Crippen LogP contribution in [0.4, 0.5) is 5.69 Å². The molecule has 6 heteroatoms. The van der Waals surface area contributed by atoms with Crippen LogP contribution in [0.5, 0.6) is 0 Å². The first-order valence-corrected chi connectivity index (χ1v) is 14.3. The first-order valence-electron chi connectivity index (χ1n) is 14.3. The standard InChI is InChI=1S/C22H12N3.C16H12N2.Ir/c1-2-5-15-11-19-16(10-14(15)4-1)7-8-18-17-6-3-9-24-21(17)20-12-23-13-25(20)22(18)19;1-17-10-16-14-8-3-2-6-12(14)13-7-4-5-9-15(13)18(16)11-17;/h1-11,13H;2-8,10-11H,1H3;/q-1;-2;+3. The molecule has 0 saturated heterocycles. The fraction of sp³-hybridized carbons (Fsp3) is 0.0263. The molecule has 0 spiro atoms. The van der Waals surface area contributed by atoms with Crippen molar-refractivity contribution < 1.29 is 20.1 Å². The van der Waals surface area contributed by atoms with E-state index in [1.54, 1.807) is 0 Å². The van der Waals surface area contributed by atoms with E-state index in [1.807, 2.05) is 30.7 Å². The summed E-state index contributed by atoms with van der Waals surface area (Å²) in [6.45, 7) is 2.10. The minimum absolute atomic E-state index is 0. The molecule has 3 aromatic heterocycles. The first-order chi connectivity index (χ1) is 21.2. The van der Waals surface area contributed by atoms with Crippen molar-refractivity contribution in [2.24, 2.45) is 0 Å². The molecule has 210 valence electrons. The van der Waals surface area contributed by atoms with E-state index >= 15 is 0 Å². The van der Waals surface area contributed by atoms with Gasteiger partial charge in [-0.3, -0.25) is 0 Å². The zero-order chi connectivity index (χ0) is 28.5. The topological polar surface area (TPSA) is 36.7 Å². The normalized spacial score (nSPS) is 13.3. The second kappa shape index (κ2) is 10.3. The number of rotatable bonds is 0. The van der Waals surface area contributed by atoms with E-state index in [1.165, 1.54) is 49.3 Å². The summed E-state index contributed by atoms with van der Waals surface area (Å²) in [5.74, 6) is 0. The number of anilines is 1. The summed E-state index contributed by atoms with van der Waals surface area (Å²) >= 11 is 0. The Morgan fingerprint density at radius 3 is 2.41 bits per heavy atom. The Kier molecular flexibility index (Phi) is 6.23. The Hall–Kier alpha value is -5.03. The molecule has 0 fully saturated rings. The van der Waals surface area contributed by atoms with Crippen LogP contribution in [0.1, 0.15) is 5.56 Å². The van der Waals surface area contributed by atoms with E-state index < -0.39 is 0 Å². The van der Waals surface area contributed by atoms with Crippen LogP contribution in [0.2, 0.25) is 0 Å². The van der Waals surface area contributed by atoms with E-state index in [0.29, 0.717) is 0 Å². The average molecular weight is 743 g/mol. The van der Waals surface area contributed by atoms with Crippen molar-refractivity contribution in [3.63, 3.8) is 0 Å². The molecule has 0 amide bonds. The molecule has 0 saturated carbocycles. The molecule has 0 radical (unpaired) electrons. The number of para-hydroxylation sites is 1. The van der Waals surface area contributed by atoms with Gasteiger partial charge in [0.2, 0.25) is 0 Å². The van der Waals surface area contributed by atoms with Gasteiger partial charge < -0.3 is 24.2 Å². The number of hydrogen-bond donors (Lipinski definition) is 0. The number of aromatic nitrogens is 3. The van der Waals surface area contributed by atoms with E-state index in [2.05, 4.69) is 141 Å². The van der Waals surface area contributed by atoms with Gasteiger partial charge in [0.15, 0.2) is 0 Å². The molecule has 2 aliphatic rings. The molecule has 0 N–H and O–H groups in total. The summed E-state index contributed by atoms with van der Waals surface area (Å²) in [5, 5.41) is 7.26. The van der Waals surface area contributed by atoms with Crippen LogP contribution in [0.3, 0.4) is 0 Å². The van der Waals surface area contributed by atoms with E-state index in [0.717, 1.165) is 27.6 Å². The molecule has 0 bridgehead atoms. The van der Waals surface area contributed by atoms with Crippen molar-refractivity contribution in [3.8, 4) is 11.1 Å². The number of fused-ring (bicyclic) bond motifs is 15. The van der Waals surface area contributed by atoms with Crippen molar-refractivity contribution >= 4 is 60.3 Å². The van der Waals surface area contributed by atoms with Crippen LogP contribution < -0.4 is 4.90 Å². The van der Waals surface area contributed by atoms with Crippen molar-refractivity contribution in [1.29, 1.82) is 0 Å². The fourth-order valence-electron chi connectivity index (χ4n) is 6.58. The molecular weight excluding hydrogens is 719 g/mol. The van der Waals surface area contributed by atoms with Crippen LogP contribution in [0.25, 0.3) is 65.7 Å². The minimum Gasteiger partial charge on any atom is -0.510 e. The Labute approximate surface area is 268 Å². The SMILES string of the molecule is CN1C=C2c3ccccc3-c3ccc[c-]c3N2[CH-]1.[Ir+3].[c-]1ncn2c1c1ncccc1c1ccc3cc4ccccc4cc3c12. The van der Waals surface area contributed by atoms with Gasteiger partial charge in [-0.25, -0.2) is 0 Å². The molecule has 0 unspecified atom stereocenters. The van der Waals surface area contributed by atoms with Crippen molar-refractivity contribution in [3.05, 3.63) is 146 Å². The quantitative estimate of drug-likeness (QED) is 0.0888. The predicted molar refractivity (Wildman–Crippen MR) is 175 cm³/mol. The van der Waals surface area contributed by atoms with Crippen LogP contribution >= 0.6 is 0 Å². The molecule has 8 aromatic rings. The molecule has 0 atom stereocenters. The van der Waals surface area contributed by atoms with Crippen molar-refractivity contribution in [2.75, 3.05) is 11.9 Å². The maximum absolute atomic E-state index is 4.57. The maximum Gasteiger partial charge on any atom is 3.00 e. The molecule has 5 heterocycles. The summed E-state index contributed by atoms with van der Waals surface area (Å²) in [6, 6.07) is 39.6. The minimum atomic E-state index is 0. The van der Waals surface area contributed by atoms with Gasteiger partial charge in [-0.2, -0.15) is 30.9 Å². The average Bonchev–Trinajstić information content (AvgIpc) is 3.71. The van der Waals surface area contributed by atoms with Crippen LogP contribution in [-0.4, -0.2) is 26.3 Å². The van der Waals surface area contributed by atoms with Crippen LogP contribution in [-0.2, 0) is 20.1 Å². The zero-order valence-electron chi connectivity index (χ0n) is 23.7. The number of hydrogen-bond acceptors (Lipinski definition) is 4. The Balaban J connectivity index is 0.000000135. The second-order valence-corrected chi connectivity index (χ2v) is 11.0. The van der Waals surface area contributed by atoms with E-state index in [-0.39, 0.29) is 20.1 Å². The zero-order valence-corrected chi connectivity index (χ0v) is 26.1. The predicted octanol–water partition coefficient (Wildman–Crippen LogP) is 8.48. The third-order valence-corrected chi connectivity index (χ3v) is 8.46. The maximum atomic E-state index is 4.57. The molecule has 5 aromatic carbocycles. The Morgan fingerprint density at radius 2 is 1.52 bits per heavy atom. The van der Waals surface area contributed by atoms with Gasteiger partial charge in [-0.1, -0.05) is 84.2 Å². The third kappa shape index (κ3) is 3.96. The van der Waals surface area contributed by atoms with Crippen molar-refractivity contribution in [1.82, 2.24) is 19.3 Å². The van der Waals surface area contributed by atoms with E-state index in [4.69, 9.17) is 0 Å². The van der Waals surface area contributed by atoms with Gasteiger partial charge in [0.1, 0.15) is 0 Å². The van der Waals surface area contributed by atoms with Gasteiger partial charge in [-0.15, -0.1) is 5.56 Å². The largest absolute Gasteiger partial charge is 3.00 e. The molecule has 44 heavy (non-hydrogen) atoms. The molecule has 10 rings (SSSR count). The molecular formula is C38H24IrN5. The van der Waals surface area contributed by atoms with Gasteiger partial charge in [-0.05, 0) is 81.3 Å². The smallest absolute Gasteiger partial charge is 0.510 e. The van der Waals surface area contributed by atoms with Gasteiger partial charge in [0.05, 0.1) is 0 Å². The Bertz CT molecular complexity index is 2430. The van der Waals surface area contributed by atoms with Crippen LogP contribution in [0.15, 0.2) is 122 Å². The van der Waals surface area contributed by atoms with Crippen LogP contribution in [0, 0.1) is 18.9 Å². The van der Waals surface area contributed by atoms with E-state index in [9.17, 15) is 0 Å². The van der Waals surface area contributed by atoms with Gasteiger partial charge >= 0.3 is 20.1 Å². The summed E-state index contributed by atoms with van der Waals surface area (Å²) in [7, 11) is 2.05. The summed E-state index contributed by atoms with van der Waals surface area (Å²) < 4.78 is 2.11. The molecule has 2 aliphatic heterocycles. The van der Waals surface area contributed by atoms with Gasteiger partial charge in [0, 0.05) is 22.8 Å². The number of imidazole rings is 1. The van der Waals surface area contributed by atoms with Crippen molar-refractivity contribution in [2.45, 2.75) is 0 Å². The number of benzene rings is 5. The summed E-state index contributed by atoms with van der Waals surface area (Å²) in [5.41, 5.74) is 9.19. The summed E-state index contributed by atoms with van der Waals surface area (Å²) in [4.78, 5) is 13.1. The monoisotopic (exact) mass is 743 g/mol. The second-order valence-electron chi connectivity index (χ2n) is 11.0. The fourth-order valence-corrected chi connectivity index (χ4v) is 6.58. The number of nitrogens with zero attached hydrogens (tertiary/aromatic N) is 5.